The molecule has 2 N–H and O–H groups in total. The number of aliphatic imine (C=N–C) groups is 1. The van der Waals surface area contributed by atoms with Gasteiger partial charge in [-0.25, -0.2) is 9.18 Å². The number of aliphatic hydroxyl groups excluding tert-OH is 1. The number of carbonyl (C=O) groups is 1. The third-order valence-electron chi connectivity index (χ3n) is 4.21. The second kappa shape index (κ2) is 7.44. The van der Waals surface area contributed by atoms with E-state index in [4.69, 9.17) is 4.74 Å². The number of nitrogens with one attached hydrogen (secondary N) is 1. The number of ether oxygens (including phenoxy) is 1. The third kappa shape index (κ3) is 4.48. The second-order valence-electron chi connectivity index (χ2n) is 7.53. The summed E-state index contributed by atoms with van der Waals surface area (Å²) >= 11 is 0. The number of aliphatic hydroxyl groups is 1. The number of amidine groups is 1. The van der Waals surface area contributed by atoms with Gasteiger partial charge >= 0.3 is 6.09 Å². The lowest BCUT2D eigenvalue weighted by molar-refractivity contribution is 0.0555. The molecule has 1 amide bonds. The maximum atomic E-state index is 14.2. The zero-order valence-electron chi connectivity index (χ0n) is 15.6. The molecule has 4 atom stereocenters. The highest BCUT2D eigenvalue weighted by molar-refractivity contribution is 7.86. The Labute approximate surface area is 155 Å². The molecule has 0 radical (unpaired) electrons. The van der Waals surface area contributed by atoms with Crippen LogP contribution in [0, 0.1) is 5.82 Å². The minimum Gasteiger partial charge on any atom is -0.444 e. The molecular weight excluding hydrogens is 359 g/mol. The molecule has 0 saturated carbocycles. The van der Waals surface area contributed by atoms with Crippen molar-refractivity contribution in [3.05, 3.63) is 35.6 Å². The van der Waals surface area contributed by atoms with E-state index in [9.17, 15) is 18.5 Å². The van der Waals surface area contributed by atoms with E-state index in [0.29, 0.717) is 0 Å². The number of halogens is 1. The Balaban J connectivity index is 2.43. The fourth-order valence-corrected chi connectivity index (χ4v) is 3.56. The zero-order valence-corrected chi connectivity index (χ0v) is 16.4. The van der Waals surface area contributed by atoms with Crippen LogP contribution in [0.5, 0.6) is 0 Å². The van der Waals surface area contributed by atoms with Crippen LogP contribution < -0.4 is 5.32 Å². The number of alkyl carbamates (subject to hydrolysis) is 1. The van der Waals surface area contributed by atoms with Crippen LogP contribution in [-0.4, -0.2) is 44.0 Å². The van der Waals surface area contributed by atoms with Gasteiger partial charge in [0.1, 0.15) is 28.0 Å². The van der Waals surface area contributed by atoms with Gasteiger partial charge in [-0.2, -0.15) is 0 Å². The first kappa shape index (κ1) is 20.5. The average molecular weight is 384 g/mol. The number of amides is 1. The molecule has 0 aromatic heterocycles. The Morgan fingerprint density at radius 2 is 2.04 bits per heavy atom. The van der Waals surface area contributed by atoms with E-state index in [-0.39, 0.29) is 17.8 Å². The van der Waals surface area contributed by atoms with Gasteiger partial charge in [0.2, 0.25) is 0 Å². The monoisotopic (exact) mass is 384 g/mol. The largest absolute Gasteiger partial charge is 0.444 e. The summed E-state index contributed by atoms with van der Waals surface area (Å²) in [6.07, 6.45) is -0.242. The van der Waals surface area contributed by atoms with Crippen molar-refractivity contribution in [2.45, 2.75) is 56.6 Å². The summed E-state index contributed by atoms with van der Waals surface area (Å²) in [5, 5.41) is 13.1. The number of carbonyl (C=O) groups excluding carboxylic acids is 1. The van der Waals surface area contributed by atoms with Crippen LogP contribution >= 0.6 is 0 Å². The fourth-order valence-electron chi connectivity index (χ4n) is 2.78. The smallest absolute Gasteiger partial charge is 0.413 e. The summed E-state index contributed by atoms with van der Waals surface area (Å²) in [6.45, 7) is 6.80. The van der Waals surface area contributed by atoms with Crippen molar-refractivity contribution >= 4 is 22.7 Å². The van der Waals surface area contributed by atoms with Crippen LogP contribution in [-0.2, 0) is 15.5 Å². The summed E-state index contributed by atoms with van der Waals surface area (Å²) in [6, 6.07) is 5.10. The minimum atomic E-state index is -1.44. The number of rotatable bonds is 2. The average Bonchev–Trinajstić information content (AvgIpc) is 2.49. The topological polar surface area (TPSA) is 88.0 Å². The lowest BCUT2D eigenvalue weighted by Gasteiger charge is -2.38. The molecule has 1 heterocycles. The molecule has 1 aliphatic heterocycles. The number of hydrogen-bond acceptors (Lipinski definition) is 5. The summed E-state index contributed by atoms with van der Waals surface area (Å²) in [7, 11) is -1.44. The van der Waals surface area contributed by atoms with Crippen molar-refractivity contribution in [3.8, 4) is 0 Å². The zero-order chi connectivity index (χ0) is 19.7. The first-order chi connectivity index (χ1) is 11.9. The molecule has 4 unspecified atom stereocenters. The van der Waals surface area contributed by atoms with Gasteiger partial charge in [-0.1, -0.05) is 18.2 Å². The van der Waals surface area contributed by atoms with Gasteiger partial charge in [-0.3, -0.25) is 14.5 Å². The molecule has 1 aromatic rings. The van der Waals surface area contributed by atoms with E-state index >= 15 is 0 Å². The quantitative estimate of drug-likeness (QED) is 0.821. The molecule has 0 bridgehead atoms. The Morgan fingerprint density at radius 3 is 2.58 bits per heavy atom. The normalized spacial score (nSPS) is 27.4. The van der Waals surface area contributed by atoms with Gasteiger partial charge in [0.05, 0.1) is 6.10 Å². The molecule has 0 saturated heterocycles. The lowest BCUT2D eigenvalue weighted by Crippen LogP contribution is -2.55. The van der Waals surface area contributed by atoms with Crippen molar-refractivity contribution < 1.29 is 23.2 Å². The molecule has 144 valence electrons. The van der Waals surface area contributed by atoms with Gasteiger partial charge in [0.15, 0.2) is 0 Å². The third-order valence-corrected chi connectivity index (χ3v) is 5.84. The van der Waals surface area contributed by atoms with Crippen molar-refractivity contribution in [1.82, 2.24) is 5.32 Å². The molecule has 8 heteroatoms. The maximum Gasteiger partial charge on any atom is 0.413 e. The standard InChI is InChI=1S/C18H25FN2O4S/c1-17(2,3)25-16(23)21-15-18(4,26(5)24)10-13(22)14(20-15)11-8-6-7-9-12(11)19/h6-9,13-14,22H,10H2,1-5H3,(H,20,21,23). The van der Waals surface area contributed by atoms with Crippen molar-refractivity contribution in [2.75, 3.05) is 6.26 Å². The maximum absolute atomic E-state index is 14.2. The molecule has 1 aliphatic rings. The van der Waals surface area contributed by atoms with Gasteiger partial charge < -0.3 is 9.84 Å². The van der Waals surface area contributed by atoms with Crippen molar-refractivity contribution in [2.24, 2.45) is 4.99 Å². The molecule has 1 aromatic carbocycles. The van der Waals surface area contributed by atoms with Gasteiger partial charge in [0.25, 0.3) is 0 Å². The van der Waals surface area contributed by atoms with Crippen molar-refractivity contribution in [3.63, 3.8) is 0 Å². The predicted molar refractivity (Wildman–Crippen MR) is 99.0 cm³/mol. The van der Waals surface area contributed by atoms with Crippen LogP contribution in [0.4, 0.5) is 9.18 Å². The van der Waals surface area contributed by atoms with E-state index in [1.807, 2.05) is 0 Å². The minimum absolute atomic E-state index is 0.0593. The Morgan fingerprint density at radius 1 is 1.42 bits per heavy atom. The highest BCUT2D eigenvalue weighted by Gasteiger charge is 2.45. The summed E-state index contributed by atoms with van der Waals surface area (Å²) in [5.41, 5.74) is -0.502. The Hall–Kier alpha value is -1.80. The second-order valence-corrected chi connectivity index (χ2v) is 9.34. The van der Waals surface area contributed by atoms with E-state index in [1.54, 1.807) is 39.8 Å². The summed E-state index contributed by atoms with van der Waals surface area (Å²) < 4.78 is 30.6. The van der Waals surface area contributed by atoms with Crippen LogP contribution in [0.25, 0.3) is 0 Å². The summed E-state index contributed by atoms with van der Waals surface area (Å²) in [5.74, 6) is -0.385. The van der Waals surface area contributed by atoms with Gasteiger partial charge in [-0.05, 0) is 40.2 Å². The van der Waals surface area contributed by atoms with E-state index in [0.717, 1.165) is 0 Å². The first-order valence-electron chi connectivity index (χ1n) is 8.28. The van der Waals surface area contributed by atoms with Crippen LogP contribution in [0.15, 0.2) is 29.3 Å². The molecule has 2 rings (SSSR count). The van der Waals surface area contributed by atoms with E-state index in [1.165, 1.54) is 18.4 Å². The SMILES string of the molecule is CS(=O)C1(C)CC(O)C(c2ccccc2F)N=C1NC(=O)OC(C)(C)C. The van der Waals surface area contributed by atoms with Gasteiger partial charge in [0, 0.05) is 22.6 Å². The summed E-state index contributed by atoms with van der Waals surface area (Å²) in [4.78, 5) is 16.5. The molecular formula is C18H25FN2O4S. The number of hydrogen-bond donors (Lipinski definition) is 2. The predicted octanol–water partition coefficient (Wildman–Crippen LogP) is 2.69. The first-order valence-corrected chi connectivity index (χ1v) is 9.84. The lowest BCUT2D eigenvalue weighted by atomic mass is 9.89. The van der Waals surface area contributed by atoms with Crippen LogP contribution in [0.1, 0.15) is 45.7 Å². The number of benzene rings is 1. The van der Waals surface area contributed by atoms with Crippen molar-refractivity contribution in [1.29, 1.82) is 0 Å². The highest BCUT2D eigenvalue weighted by Crippen LogP contribution is 2.36. The molecule has 0 spiro atoms. The van der Waals surface area contributed by atoms with Crippen LogP contribution in [0.2, 0.25) is 0 Å². The highest BCUT2D eigenvalue weighted by atomic mass is 32.2. The molecule has 6 nitrogen and oxygen atoms in total. The Bertz CT molecular complexity index is 747. The Kier molecular flexibility index (Phi) is 5.87. The number of nitrogens with zero attached hydrogens (tertiary/aromatic N) is 1. The van der Waals surface area contributed by atoms with E-state index in [2.05, 4.69) is 10.3 Å². The fraction of sp³-hybridized carbons (Fsp3) is 0.556. The molecule has 0 fully saturated rings. The van der Waals surface area contributed by atoms with Crippen LogP contribution in [0.3, 0.4) is 0 Å². The molecule has 0 aliphatic carbocycles. The van der Waals surface area contributed by atoms with Gasteiger partial charge in [-0.15, -0.1) is 0 Å². The molecule has 26 heavy (non-hydrogen) atoms. The van der Waals surface area contributed by atoms with E-state index < -0.39 is 45.2 Å².